The molecule has 1 aliphatic carbocycles. The van der Waals surface area contributed by atoms with Crippen molar-refractivity contribution in [3.8, 4) is 5.75 Å². The number of hydrogen-bond donors (Lipinski definition) is 2. The molecule has 152 valence electrons. The van der Waals surface area contributed by atoms with Gasteiger partial charge in [-0.3, -0.25) is 9.89 Å². The van der Waals surface area contributed by atoms with Crippen LogP contribution in [0.2, 0.25) is 0 Å². The number of methoxy groups -OCH3 is 1. The highest BCUT2D eigenvalue weighted by Gasteiger charge is 2.26. The first-order valence-corrected chi connectivity index (χ1v) is 10.2. The molecular weight excluding hydrogens is 451 g/mol. The van der Waals surface area contributed by atoms with Crippen LogP contribution in [-0.2, 0) is 0 Å². The van der Waals surface area contributed by atoms with Gasteiger partial charge in [0.2, 0.25) is 0 Å². The minimum Gasteiger partial charge on any atom is -0.496 e. The summed E-state index contributed by atoms with van der Waals surface area (Å²) in [6.45, 7) is 6.06. The number of ether oxygens (including phenoxy) is 1. The molecule has 0 radical (unpaired) electrons. The Hall–Kier alpha value is -1.02. The van der Waals surface area contributed by atoms with Gasteiger partial charge in [0, 0.05) is 18.2 Å². The molecule has 2 N–H and O–H groups in total. The molecule has 1 unspecified atom stereocenters. The Labute approximate surface area is 181 Å². The predicted octanol–water partition coefficient (Wildman–Crippen LogP) is 3.95. The van der Waals surface area contributed by atoms with Crippen LogP contribution in [0.25, 0.3) is 0 Å². The van der Waals surface area contributed by atoms with Crippen molar-refractivity contribution >= 4 is 29.9 Å². The number of guanidine groups is 1. The van der Waals surface area contributed by atoms with E-state index in [4.69, 9.17) is 9.73 Å². The Bertz CT molecular complexity index is 583. The Balaban J connectivity index is 0.00000261. The molecular formula is C21H35IN4O. The van der Waals surface area contributed by atoms with Gasteiger partial charge >= 0.3 is 0 Å². The smallest absolute Gasteiger partial charge is 0.191 e. The van der Waals surface area contributed by atoms with Gasteiger partial charge in [0.05, 0.1) is 19.7 Å². The van der Waals surface area contributed by atoms with Gasteiger partial charge < -0.3 is 15.4 Å². The number of likely N-dealkylation sites (tertiary alicyclic amines) is 1. The van der Waals surface area contributed by atoms with E-state index >= 15 is 0 Å². The highest BCUT2D eigenvalue weighted by atomic mass is 127. The molecule has 0 amide bonds. The SMILES string of the molecule is CCNC(=NCC(c1ccccc1OC)N1CCCC1)NC1CCCC1.I. The first-order valence-electron chi connectivity index (χ1n) is 10.2. The average Bonchev–Trinajstić information content (AvgIpc) is 3.36. The lowest BCUT2D eigenvalue weighted by Gasteiger charge is -2.28. The monoisotopic (exact) mass is 486 g/mol. The second-order valence-electron chi connectivity index (χ2n) is 7.35. The van der Waals surface area contributed by atoms with Crippen molar-refractivity contribution < 1.29 is 4.74 Å². The second kappa shape index (κ2) is 11.7. The van der Waals surface area contributed by atoms with Crippen LogP contribution in [0.4, 0.5) is 0 Å². The molecule has 1 aliphatic heterocycles. The Kier molecular flexibility index (Phi) is 9.68. The Morgan fingerprint density at radius 3 is 2.56 bits per heavy atom. The number of nitrogens with one attached hydrogen (secondary N) is 2. The second-order valence-corrected chi connectivity index (χ2v) is 7.35. The van der Waals surface area contributed by atoms with Crippen LogP contribution in [0.15, 0.2) is 29.3 Å². The quantitative estimate of drug-likeness (QED) is 0.348. The fourth-order valence-electron chi connectivity index (χ4n) is 4.17. The van der Waals surface area contributed by atoms with Gasteiger partial charge in [-0.1, -0.05) is 31.0 Å². The highest BCUT2D eigenvalue weighted by molar-refractivity contribution is 14.0. The van der Waals surface area contributed by atoms with Gasteiger partial charge in [-0.15, -0.1) is 24.0 Å². The summed E-state index contributed by atoms with van der Waals surface area (Å²) in [4.78, 5) is 7.53. The number of nitrogens with zero attached hydrogens (tertiary/aromatic N) is 2. The van der Waals surface area contributed by atoms with Gasteiger partial charge in [-0.25, -0.2) is 0 Å². The lowest BCUT2D eigenvalue weighted by atomic mass is 10.0. The van der Waals surface area contributed by atoms with Crippen molar-refractivity contribution in [2.45, 2.75) is 57.5 Å². The third-order valence-corrected chi connectivity index (χ3v) is 5.54. The summed E-state index contributed by atoms with van der Waals surface area (Å²) in [5.74, 6) is 1.92. The molecule has 0 bridgehead atoms. The number of halogens is 1. The van der Waals surface area contributed by atoms with Gasteiger partial charge in [0.1, 0.15) is 5.75 Å². The molecule has 3 rings (SSSR count). The summed E-state index contributed by atoms with van der Waals surface area (Å²) in [5.41, 5.74) is 1.25. The number of rotatable bonds is 7. The van der Waals surface area contributed by atoms with E-state index in [0.29, 0.717) is 6.04 Å². The summed E-state index contributed by atoms with van der Waals surface area (Å²) in [6, 6.07) is 9.24. The zero-order valence-corrected chi connectivity index (χ0v) is 19.1. The summed E-state index contributed by atoms with van der Waals surface area (Å²) >= 11 is 0. The van der Waals surface area contributed by atoms with Gasteiger partial charge in [-0.2, -0.15) is 0 Å². The van der Waals surface area contributed by atoms with Gasteiger partial charge in [-0.05, 0) is 51.8 Å². The summed E-state index contributed by atoms with van der Waals surface area (Å²) in [6.07, 6.45) is 7.72. The number of benzene rings is 1. The molecule has 6 heteroatoms. The van der Waals surface area contributed by atoms with Crippen molar-refractivity contribution in [1.29, 1.82) is 0 Å². The van der Waals surface area contributed by atoms with Crippen LogP contribution in [-0.4, -0.2) is 50.2 Å². The Morgan fingerprint density at radius 1 is 1.19 bits per heavy atom. The van der Waals surface area contributed by atoms with Crippen molar-refractivity contribution in [2.24, 2.45) is 4.99 Å². The molecule has 2 fully saturated rings. The zero-order chi connectivity index (χ0) is 18.2. The van der Waals surface area contributed by atoms with Crippen LogP contribution in [0, 0.1) is 0 Å². The summed E-state index contributed by atoms with van der Waals surface area (Å²) in [7, 11) is 1.76. The number of para-hydroxylation sites is 1. The van der Waals surface area contributed by atoms with E-state index < -0.39 is 0 Å². The molecule has 2 aliphatic rings. The third kappa shape index (κ3) is 6.24. The average molecular weight is 486 g/mol. The largest absolute Gasteiger partial charge is 0.496 e. The van der Waals surface area contributed by atoms with E-state index in [1.165, 1.54) is 44.1 Å². The fraction of sp³-hybridized carbons (Fsp3) is 0.667. The molecule has 1 atom stereocenters. The standard InChI is InChI=1S/C21H34N4O.HI/c1-3-22-21(24-17-10-4-5-11-17)23-16-19(25-14-8-9-15-25)18-12-6-7-13-20(18)26-2;/h6-7,12-13,17,19H,3-5,8-11,14-16H2,1-2H3,(H2,22,23,24);1H. The molecule has 1 aromatic carbocycles. The van der Waals surface area contributed by atoms with Gasteiger partial charge in [0.15, 0.2) is 5.96 Å². The lowest BCUT2D eigenvalue weighted by Crippen LogP contribution is -2.43. The van der Waals surface area contributed by atoms with Crippen LogP contribution < -0.4 is 15.4 Å². The van der Waals surface area contributed by atoms with Crippen molar-refractivity contribution in [3.63, 3.8) is 0 Å². The molecule has 1 saturated carbocycles. The van der Waals surface area contributed by atoms with Crippen LogP contribution in [0.1, 0.15) is 57.1 Å². The molecule has 5 nitrogen and oxygen atoms in total. The normalized spacial score (nSPS) is 19.6. The topological polar surface area (TPSA) is 48.9 Å². The minimum absolute atomic E-state index is 0. The Morgan fingerprint density at radius 2 is 1.89 bits per heavy atom. The summed E-state index contributed by atoms with van der Waals surface area (Å²) in [5, 5.41) is 7.06. The van der Waals surface area contributed by atoms with Crippen molar-refractivity contribution in [3.05, 3.63) is 29.8 Å². The zero-order valence-electron chi connectivity index (χ0n) is 16.7. The van der Waals surface area contributed by atoms with Crippen LogP contribution in [0.3, 0.4) is 0 Å². The van der Waals surface area contributed by atoms with E-state index in [1.54, 1.807) is 7.11 Å². The molecule has 1 aromatic rings. The van der Waals surface area contributed by atoms with Crippen molar-refractivity contribution in [1.82, 2.24) is 15.5 Å². The molecule has 1 saturated heterocycles. The maximum atomic E-state index is 5.64. The third-order valence-electron chi connectivity index (χ3n) is 5.54. The van der Waals surface area contributed by atoms with E-state index in [9.17, 15) is 0 Å². The molecule has 0 aromatic heterocycles. The molecule has 1 heterocycles. The van der Waals surface area contributed by atoms with Crippen LogP contribution >= 0.6 is 24.0 Å². The number of hydrogen-bond acceptors (Lipinski definition) is 3. The van der Waals surface area contributed by atoms with E-state index in [2.05, 4.69) is 40.7 Å². The first kappa shape index (κ1) is 22.3. The van der Waals surface area contributed by atoms with E-state index in [1.807, 2.05) is 6.07 Å². The maximum absolute atomic E-state index is 5.64. The summed E-state index contributed by atoms with van der Waals surface area (Å²) < 4.78 is 5.64. The number of aliphatic imine (C=N–C) groups is 1. The predicted molar refractivity (Wildman–Crippen MR) is 123 cm³/mol. The maximum Gasteiger partial charge on any atom is 0.191 e. The van der Waals surface area contributed by atoms with Gasteiger partial charge in [0.25, 0.3) is 0 Å². The van der Waals surface area contributed by atoms with E-state index in [-0.39, 0.29) is 30.0 Å². The van der Waals surface area contributed by atoms with Crippen LogP contribution in [0.5, 0.6) is 5.75 Å². The lowest BCUT2D eigenvalue weighted by molar-refractivity contribution is 0.245. The molecule has 27 heavy (non-hydrogen) atoms. The highest BCUT2D eigenvalue weighted by Crippen LogP contribution is 2.31. The van der Waals surface area contributed by atoms with Crippen molar-refractivity contribution in [2.75, 3.05) is 33.3 Å². The van der Waals surface area contributed by atoms with E-state index in [0.717, 1.165) is 37.9 Å². The first-order chi connectivity index (χ1) is 12.8. The fourth-order valence-corrected chi connectivity index (χ4v) is 4.17. The minimum atomic E-state index is 0. The molecule has 0 spiro atoms.